The summed E-state index contributed by atoms with van der Waals surface area (Å²) in [5.74, 6) is 0.852. The van der Waals surface area contributed by atoms with Crippen LogP contribution in [0.5, 0.6) is 0 Å². The van der Waals surface area contributed by atoms with Crippen molar-refractivity contribution in [1.29, 1.82) is 0 Å². The number of benzene rings is 1. The topological polar surface area (TPSA) is 48.1 Å². The van der Waals surface area contributed by atoms with Gasteiger partial charge in [0.1, 0.15) is 0 Å². The number of fused-ring (bicyclic) bond motifs is 1. The van der Waals surface area contributed by atoms with Crippen LogP contribution < -0.4 is 5.32 Å². The quantitative estimate of drug-likeness (QED) is 0.648. The molecule has 1 fully saturated rings. The van der Waals surface area contributed by atoms with Gasteiger partial charge in [0.2, 0.25) is 0 Å². The lowest BCUT2D eigenvalue weighted by Crippen LogP contribution is -2.35. The molecule has 0 aliphatic carbocycles. The van der Waals surface area contributed by atoms with E-state index in [2.05, 4.69) is 54.0 Å². The minimum absolute atomic E-state index is 0.0114. The summed E-state index contributed by atoms with van der Waals surface area (Å²) < 4.78 is 1.92. The van der Waals surface area contributed by atoms with Gasteiger partial charge in [-0.2, -0.15) is 0 Å². The first-order valence-electron chi connectivity index (χ1n) is 8.51. The Kier molecular flexibility index (Phi) is 6.00. The van der Waals surface area contributed by atoms with Crippen LogP contribution in [0, 0.1) is 5.92 Å². The SMILES string of the molecule is CC1CCN(CCCNC(=O)c2c[nH]c3cc(Br)c(Br)cc23)CC1. The fourth-order valence-electron chi connectivity index (χ4n) is 3.19. The number of amides is 1. The standard InChI is InChI=1S/C18H23Br2N3O/c1-12-3-7-23(8-4-12)6-2-5-21-18(24)14-11-22-17-10-16(20)15(19)9-13(14)17/h9-12,22H,2-8H2,1H3,(H,21,24). The first-order chi connectivity index (χ1) is 11.5. The summed E-state index contributed by atoms with van der Waals surface area (Å²) in [7, 11) is 0. The summed E-state index contributed by atoms with van der Waals surface area (Å²) in [6.07, 6.45) is 5.38. The van der Waals surface area contributed by atoms with Gasteiger partial charge < -0.3 is 15.2 Å². The summed E-state index contributed by atoms with van der Waals surface area (Å²) in [6.45, 7) is 6.51. The van der Waals surface area contributed by atoms with Crippen LogP contribution in [0.15, 0.2) is 27.3 Å². The highest BCUT2D eigenvalue weighted by atomic mass is 79.9. The van der Waals surface area contributed by atoms with E-state index in [-0.39, 0.29) is 5.91 Å². The van der Waals surface area contributed by atoms with E-state index in [9.17, 15) is 4.79 Å². The largest absolute Gasteiger partial charge is 0.360 e. The Bertz CT molecular complexity index is 720. The Hall–Kier alpha value is -0.850. The lowest BCUT2D eigenvalue weighted by molar-refractivity contribution is 0.0952. The van der Waals surface area contributed by atoms with Crippen LogP contribution >= 0.6 is 31.9 Å². The molecule has 3 rings (SSSR count). The van der Waals surface area contributed by atoms with Gasteiger partial charge in [0, 0.05) is 32.6 Å². The average molecular weight is 457 g/mol. The second-order valence-electron chi connectivity index (χ2n) is 6.65. The summed E-state index contributed by atoms with van der Waals surface area (Å²) in [5.41, 5.74) is 1.66. The van der Waals surface area contributed by atoms with E-state index in [1.807, 2.05) is 12.1 Å². The molecule has 0 unspecified atom stereocenters. The Morgan fingerprint density at radius 3 is 2.75 bits per heavy atom. The molecule has 0 saturated carbocycles. The van der Waals surface area contributed by atoms with Gasteiger partial charge in [0.15, 0.2) is 0 Å². The zero-order chi connectivity index (χ0) is 17.1. The monoisotopic (exact) mass is 455 g/mol. The molecule has 2 N–H and O–H groups in total. The molecule has 2 heterocycles. The van der Waals surface area contributed by atoms with Crippen molar-refractivity contribution >= 4 is 48.7 Å². The van der Waals surface area contributed by atoms with Gasteiger partial charge in [-0.1, -0.05) is 6.92 Å². The molecule has 4 nitrogen and oxygen atoms in total. The first kappa shape index (κ1) is 18.0. The molecular formula is C18H23Br2N3O. The van der Waals surface area contributed by atoms with Crippen LogP contribution in [0.3, 0.4) is 0 Å². The van der Waals surface area contributed by atoms with Gasteiger partial charge in [0.05, 0.1) is 5.56 Å². The molecule has 130 valence electrons. The lowest BCUT2D eigenvalue weighted by Gasteiger charge is -2.30. The highest BCUT2D eigenvalue weighted by molar-refractivity contribution is 9.13. The minimum atomic E-state index is -0.0114. The molecule has 1 aromatic carbocycles. The van der Waals surface area contributed by atoms with Crippen LogP contribution in [0.1, 0.15) is 36.5 Å². The van der Waals surface area contributed by atoms with Gasteiger partial charge in [0.25, 0.3) is 5.91 Å². The van der Waals surface area contributed by atoms with E-state index in [4.69, 9.17) is 0 Å². The van der Waals surface area contributed by atoms with Crippen LogP contribution in [-0.2, 0) is 0 Å². The lowest BCUT2D eigenvalue weighted by atomic mass is 9.99. The van der Waals surface area contributed by atoms with Crippen LogP contribution in [0.2, 0.25) is 0 Å². The highest BCUT2D eigenvalue weighted by Gasteiger charge is 2.16. The third kappa shape index (κ3) is 4.21. The van der Waals surface area contributed by atoms with Gasteiger partial charge in [-0.25, -0.2) is 0 Å². The maximum Gasteiger partial charge on any atom is 0.253 e. The van der Waals surface area contributed by atoms with Crippen molar-refractivity contribution in [3.8, 4) is 0 Å². The molecule has 6 heteroatoms. The molecule has 2 aromatic rings. The van der Waals surface area contributed by atoms with Crippen molar-refractivity contribution in [1.82, 2.24) is 15.2 Å². The predicted octanol–water partition coefficient (Wildman–Crippen LogP) is 4.54. The summed E-state index contributed by atoms with van der Waals surface area (Å²) in [4.78, 5) is 18.1. The molecule has 0 spiro atoms. The zero-order valence-corrected chi connectivity index (χ0v) is 17.0. The van der Waals surface area contributed by atoms with E-state index in [1.54, 1.807) is 6.20 Å². The number of nitrogens with zero attached hydrogens (tertiary/aromatic N) is 1. The van der Waals surface area contributed by atoms with Crippen molar-refractivity contribution in [3.63, 3.8) is 0 Å². The predicted molar refractivity (Wildman–Crippen MR) is 105 cm³/mol. The number of hydrogen-bond donors (Lipinski definition) is 2. The van der Waals surface area contributed by atoms with Gasteiger partial charge >= 0.3 is 0 Å². The molecule has 1 aliphatic rings. The fourth-order valence-corrected chi connectivity index (χ4v) is 3.88. The maximum absolute atomic E-state index is 12.4. The van der Waals surface area contributed by atoms with Crippen LogP contribution in [0.4, 0.5) is 0 Å². The molecule has 0 radical (unpaired) electrons. The van der Waals surface area contributed by atoms with E-state index in [1.165, 1.54) is 25.9 Å². The van der Waals surface area contributed by atoms with Crippen molar-refractivity contribution in [3.05, 3.63) is 32.8 Å². The summed E-state index contributed by atoms with van der Waals surface area (Å²) >= 11 is 6.98. The minimum Gasteiger partial charge on any atom is -0.360 e. The number of aromatic amines is 1. The number of H-pyrrole nitrogens is 1. The number of carbonyl (C=O) groups is 1. The molecule has 1 aliphatic heterocycles. The first-order valence-corrected chi connectivity index (χ1v) is 10.1. The van der Waals surface area contributed by atoms with Crippen molar-refractivity contribution < 1.29 is 4.79 Å². The smallest absolute Gasteiger partial charge is 0.253 e. The third-order valence-corrected chi connectivity index (χ3v) is 6.62. The molecule has 1 saturated heterocycles. The van der Waals surface area contributed by atoms with E-state index < -0.39 is 0 Å². The third-order valence-electron chi connectivity index (χ3n) is 4.78. The number of nitrogens with one attached hydrogen (secondary N) is 2. The number of aromatic nitrogens is 1. The number of piperidine rings is 1. The fraction of sp³-hybridized carbons (Fsp3) is 0.500. The number of rotatable bonds is 5. The number of likely N-dealkylation sites (tertiary alicyclic amines) is 1. The number of halogens is 2. The molecule has 0 atom stereocenters. The summed E-state index contributed by atoms with van der Waals surface area (Å²) in [5, 5.41) is 3.98. The molecule has 1 aromatic heterocycles. The second-order valence-corrected chi connectivity index (χ2v) is 8.36. The Labute approximate surface area is 159 Å². The Morgan fingerprint density at radius 2 is 2.00 bits per heavy atom. The second kappa shape index (κ2) is 8.02. The van der Waals surface area contributed by atoms with E-state index >= 15 is 0 Å². The van der Waals surface area contributed by atoms with Crippen molar-refractivity contribution in [2.45, 2.75) is 26.2 Å². The zero-order valence-electron chi connectivity index (χ0n) is 13.9. The number of hydrogen-bond acceptors (Lipinski definition) is 2. The van der Waals surface area contributed by atoms with Gasteiger partial charge in [-0.3, -0.25) is 4.79 Å². The van der Waals surface area contributed by atoms with Crippen LogP contribution in [-0.4, -0.2) is 42.0 Å². The molecule has 1 amide bonds. The average Bonchev–Trinajstić information content (AvgIpc) is 2.96. The van der Waals surface area contributed by atoms with E-state index in [0.717, 1.165) is 45.3 Å². The van der Waals surface area contributed by atoms with Crippen LogP contribution in [0.25, 0.3) is 10.9 Å². The Balaban J connectivity index is 1.51. The maximum atomic E-state index is 12.4. The van der Waals surface area contributed by atoms with Crippen molar-refractivity contribution in [2.75, 3.05) is 26.2 Å². The van der Waals surface area contributed by atoms with Crippen molar-refractivity contribution in [2.24, 2.45) is 5.92 Å². The normalized spacial score (nSPS) is 16.6. The van der Waals surface area contributed by atoms with Gasteiger partial charge in [-0.15, -0.1) is 0 Å². The Morgan fingerprint density at radius 1 is 1.29 bits per heavy atom. The summed E-state index contributed by atoms with van der Waals surface area (Å²) in [6, 6.07) is 3.95. The number of carbonyl (C=O) groups excluding carboxylic acids is 1. The molecular weight excluding hydrogens is 434 g/mol. The van der Waals surface area contributed by atoms with Gasteiger partial charge in [-0.05, 0) is 88.8 Å². The molecule has 0 bridgehead atoms. The van der Waals surface area contributed by atoms with E-state index in [0.29, 0.717) is 5.56 Å². The molecule has 24 heavy (non-hydrogen) atoms. The highest BCUT2D eigenvalue weighted by Crippen LogP contribution is 2.30.